The van der Waals surface area contributed by atoms with E-state index in [1.54, 1.807) is 6.07 Å². The number of piperazine rings is 1. The number of hydrogen-bond donors (Lipinski definition) is 0. The minimum atomic E-state index is -3.78. The molecule has 1 aliphatic rings. The van der Waals surface area contributed by atoms with Crippen LogP contribution < -0.4 is 4.90 Å². The Morgan fingerprint density at radius 1 is 1.06 bits per heavy atom. The van der Waals surface area contributed by atoms with Crippen LogP contribution in [0.4, 0.5) is 15.9 Å². The zero-order chi connectivity index (χ0) is 25.2. The molecule has 2 aromatic carbocycles. The monoisotopic (exact) mass is 499 g/mol. The third kappa shape index (κ3) is 5.30. The van der Waals surface area contributed by atoms with Crippen molar-refractivity contribution in [1.82, 2.24) is 14.3 Å². The molecule has 0 aliphatic carbocycles. The van der Waals surface area contributed by atoms with Gasteiger partial charge in [-0.05, 0) is 43.2 Å². The average molecular weight is 500 g/mol. The molecular formula is C24H26FN5O4S. The number of rotatable bonds is 7. The predicted octanol–water partition coefficient (Wildman–Crippen LogP) is 3.50. The van der Waals surface area contributed by atoms with E-state index in [0.717, 1.165) is 22.6 Å². The number of hydrogen-bond acceptors (Lipinski definition) is 7. The maximum absolute atomic E-state index is 13.8. The summed E-state index contributed by atoms with van der Waals surface area (Å²) in [7, 11) is -3.78. The van der Waals surface area contributed by atoms with Crippen molar-refractivity contribution in [1.29, 1.82) is 0 Å². The van der Waals surface area contributed by atoms with Crippen molar-refractivity contribution in [3.63, 3.8) is 0 Å². The van der Waals surface area contributed by atoms with E-state index in [1.807, 2.05) is 24.8 Å². The summed E-state index contributed by atoms with van der Waals surface area (Å²) in [6.45, 7) is 5.15. The van der Waals surface area contributed by atoms with E-state index < -0.39 is 14.9 Å². The lowest BCUT2D eigenvalue weighted by Gasteiger charge is -2.36. The smallest absolute Gasteiger partial charge is 0.269 e. The molecule has 1 aliphatic heterocycles. The van der Waals surface area contributed by atoms with Crippen LogP contribution >= 0.6 is 0 Å². The van der Waals surface area contributed by atoms with Crippen LogP contribution in [-0.4, -0.2) is 53.8 Å². The minimum absolute atomic E-state index is 0.0227. The topological polar surface area (TPSA) is 110 Å². The molecule has 11 heteroatoms. The lowest BCUT2D eigenvalue weighted by Crippen LogP contribution is -2.49. The van der Waals surface area contributed by atoms with E-state index >= 15 is 0 Å². The van der Waals surface area contributed by atoms with E-state index in [0.29, 0.717) is 31.8 Å². The number of aryl methyl sites for hydroxylation is 2. The maximum atomic E-state index is 13.8. The summed E-state index contributed by atoms with van der Waals surface area (Å²) in [5, 5.41) is 10.9. The number of nitro benzene ring substituents is 1. The molecule has 4 rings (SSSR count). The van der Waals surface area contributed by atoms with Gasteiger partial charge in [0.15, 0.2) is 0 Å². The highest BCUT2D eigenvalue weighted by atomic mass is 32.2. The molecule has 2 heterocycles. The number of sulfonamides is 1. The molecule has 0 spiro atoms. The molecule has 0 atom stereocenters. The first-order chi connectivity index (χ1) is 16.7. The van der Waals surface area contributed by atoms with Gasteiger partial charge in [-0.25, -0.2) is 22.8 Å². The third-order valence-corrected chi connectivity index (χ3v) is 7.92. The highest BCUT2D eigenvalue weighted by Gasteiger charge is 2.30. The van der Waals surface area contributed by atoms with Gasteiger partial charge >= 0.3 is 0 Å². The Hall–Kier alpha value is -3.44. The van der Waals surface area contributed by atoms with E-state index in [2.05, 4.69) is 9.97 Å². The molecule has 35 heavy (non-hydrogen) atoms. The Morgan fingerprint density at radius 3 is 2.34 bits per heavy atom. The Kier molecular flexibility index (Phi) is 7.08. The molecule has 0 amide bonds. The Morgan fingerprint density at radius 2 is 1.74 bits per heavy atom. The summed E-state index contributed by atoms with van der Waals surface area (Å²) in [5.74, 6) is 1.06. The lowest BCUT2D eigenvalue weighted by atomic mass is 10.0. The third-order valence-electron chi connectivity index (χ3n) is 6.01. The van der Waals surface area contributed by atoms with Gasteiger partial charge in [0.25, 0.3) is 5.69 Å². The van der Waals surface area contributed by atoms with Gasteiger partial charge in [0.2, 0.25) is 10.0 Å². The number of nitrogens with zero attached hydrogens (tertiary/aromatic N) is 5. The molecule has 1 aromatic heterocycles. The van der Waals surface area contributed by atoms with Crippen molar-refractivity contribution in [2.24, 2.45) is 0 Å². The van der Waals surface area contributed by atoms with Crippen molar-refractivity contribution in [2.45, 2.75) is 31.6 Å². The molecule has 0 unspecified atom stereocenters. The molecule has 0 saturated carbocycles. The molecule has 0 N–H and O–H groups in total. The minimum Gasteiger partial charge on any atom is -0.354 e. The van der Waals surface area contributed by atoms with E-state index in [4.69, 9.17) is 0 Å². The number of benzene rings is 2. The lowest BCUT2D eigenvalue weighted by molar-refractivity contribution is -0.384. The molecule has 1 fully saturated rings. The fourth-order valence-corrected chi connectivity index (χ4v) is 5.68. The predicted molar refractivity (Wildman–Crippen MR) is 129 cm³/mol. The van der Waals surface area contributed by atoms with Crippen LogP contribution in [0.5, 0.6) is 0 Å². The summed E-state index contributed by atoms with van der Waals surface area (Å²) in [4.78, 5) is 21.7. The van der Waals surface area contributed by atoms with Gasteiger partial charge in [-0.15, -0.1) is 0 Å². The van der Waals surface area contributed by atoms with E-state index in [1.165, 1.54) is 40.7 Å². The Balaban J connectivity index is 1.57. The van der Waals surface area contributed by atoms with Gasteiger partial charge in [0, 0.05) is 56.0 Å². The van der Waals surface area contributed by atoms with Gasteiger partial charge in [-0.3, -0.25) is 10.1 Å². The largest absolute Gasteiger partial charge is 0.354 e. The van der Waals surface area contributed by atoms with Crippen LogP contribution in [0.1, 0.15) is 29.6 Å². The first-order valence-corrected chi connectivity index (χ1v) is 12.7. The van der Waals surface area contributed by atoms with Crippen LogP contribution in [-0.2, 0) is 22.9 Å². The summed E-state index contributed by atoms with van der Waals surface area (Å²) >= 11 is 0. The molecule has 1 saturated heterocycles. The van der Waals surface area contributed by atoms with Gasteiger partial charge in [-0.2, -0.15) is 4.31 Å². The molecule has 0 radical (unpaired) electrons. The van der Waals surface area contributed by atoms with Crippen molar-refractivity contribution in [3.8, 4) is 0 Å². The standard InChI is InChI=1S/C24H26FN5O4S/c1-3-23-22(16-18-5-4-6-19(25)15-18)24(27-17(2)26-23)28-11-13-29(14-12-28)35(33,34)21-9-7-20(8-10-21)30(31)32/h4-10,15H,3,11-14,16H2,1-2H3. The number of nitro groups is 1. The first-order valence-electron chi connectivity index (χ1n) is 11.3. The van der Waals surface area contributed by atoms with Gasteiger partial charge < -0.3 is 4.90 Å². The van der Waals surface area contributed by atoms with Crippen molar-refractivity contribution >= 4 is 21.5 Å². The second-order valence-corrected chi connectivity index (χ2v) is 10.3. The van der Waals surface area contributed by atoms with Gasteiger partial charge in [-0.1, -0.05) is 19.1 Å². The molecule has 9 nitrogen and oxygen atoms in total. The number of halogens is 1. The SMILES string of the molecule is CCc1nc(C)nc(N2CCN(S(=O)(=O)c3ccc([N+](=O)[O-])cc3)CC2)c1Cc1cccc(F)c1. The Labute approximate surface area is 203 Å². The molecule has 184 valence electrons. The van der Waals surface area contributed by atoms with E-state index in [-0.39, 0.29) is 29.5 Å². The normalized spacial score (nSPS) is 14.8. The van der Waals surface area contributed by atoms with Crippen LogP contribution in [0.2, 0.25) is 0 Å². The Bertz CT molecular complexity index is 1340. The van der Waals surface area contributed by atoms with Crippen LogP contribution in [0.3, 0.4) is 0 Å². The van der Waals surface area contributed by atoms with Gasteiger partial charge in [0.1, 0.15) is 17.5 Å². The second kappa shape index (κ2) is 10.0. The zero-order valence-corrected chi connectivity index (χ0v) is 20.3. The van der Waals surface area contributed by atoms with Crippen molar-refractivity contribution in [2.75, 3.05) is 31.1 Å². The zero-order valence-electron chi connectivity index (χ0n) is 19.5. The summed E-state index contributed by atoms with van der Waals surface area (Å²) < 4.78 is 41.3. The number of non-ortho nitro benzene ring substituents is 1. The van der Waals surface area contributed by atoms with Gasteiger partial charge in [0.05, 0.1) is 9.82 Å². The fraction of sp³-hybridized carbons (Fsp3) is 0.333. The summed E-state index contributed by atoms with van der Waals surface area (Å²) in [6, 6.07) is 11.3. The summed E-state index contributed by atoms with van der Waals surface area (Å²) in [5.41, 5.74) is 2.45. The van der Waals surface area contributed by atoms with Crippen molar-refractivity contribution < 1.29 is 17.7 Å². The number of anilines is 1. The fourth-order valence-electron chi connectivity index (χ4n) is 4.25. The highest BCUT2D eigenvalue weighted by Crippen LogP contribution is 2.28. The second-order valence-electron chi connectivity index (χ2n) is 8.32. The maximum Gasteiger partial charge on any atom is 0.269 e. The average Bonchev–Trinajstić information content (AvgIpc) is 2.85. The summed E-state index contributed by atoms with van der Waals surface area (Å²) in [6.07, 6.45) is 1.16. The quantitative estimate of drug-likeness (QED) is 0.361. The van der Waals surface area contributed by atoms with Crippen LogP contribution in [0.25, 0.3) is 0 Å². The van der Waals surface area contributed by atoms with Crippen LogP contribution in [0, 0.1) is 22.9 Å². The highest BCUT2D eigenvalue weighted by molar-refractivity contribution is 7.89. The van der Waals surface area contributed by atoms with Crippen LogP contribution in [0.15, 0.2) is 53.4 Å². The number of aromatic nitrogens is 2. The molecule has 0 bridgehead atoms. The molecular weight excluding hydrogens is 473 g/mol. The first kappa shape index (κ1) is 24.7. The molecule has 3 aromatic rings. The van der Waals surface area contributed by atoms with Crippen molar-refractivity contribution in [3.05, 3.63) is 87.1 Å². The van der Waals surface area contributed by atoms with E-state index in [9.17, 15) is 22.9 Å².